The Labute approximate surface area is 139 Å². The number of benzene rings is 1. The van der Waals surface area contributed by atoms with Gasteiger partial charge in [-0.15, -0.1) is 0 Å². The molecule has 2 nitrogen and oxygen atoms in total. The van der Waals surface area contributed by atoms with E-state index in [-0.39, 0.29) is 11.5 Å². The van der Waals surface area contributed by atoms with E-state index in [1.807, 2.05) is 19.1 Å². The van der Waals surface area contributed by atoms with Gasteiger partial charge in [0.2, 0.25) is 0 Å². The number of allylic oxidation sites excluding steroid dienone is 4. The summed E-state index contributed by atoms with van der Waals surface area (Å²) in [7, 11) is 0. The zero-order chi connectivity index (χ0) is 17.2. The van der Waals surface area contributed by atoms with E-state index < -0.39 is 0 Å². The lowest BCUT2D eigenvalue weighted by Gasteiger charge is -2.49. The molecule has 1 aromatic rings. The molecule has 0 amide bonds. The summed E-state index contributed by atoms with van der Waals surface area (Å²) in [6.45, 7) is 11.0. The number of phenolic OH excluding ortho intramolecular Hbond substituents is 1. The van der Waals surface area contributed by atoms with Crippen LogP contribution in [0.15, 0.2) is 48.1 Å². The van der Waals surface area contributed by atoms with E-state index in [4.69, 9.17) is 0 Å². The molecule has 1 fully saturated rings. The largest absolute Gasteiger partial charge is 0.507 e. The molecule has 2 rings (SSSR count). The third-order valence-electron chi connectivity index (χ3n) is 5.08. The Balaban J connectivity index is 2.17. The minimum Gasteiger partial charge on any atom is -0.507 e. The van der Waals surface area contributed by atoms with Crippen LogP contribution >= 0.6 is 0 Å². The molecule has 1 aliphatic rings. The fraction of sp³-hybridized carbons (Fsp3) is 0.476. The number of carbonyl (C=O) groups is 1. The second-order valence-electron chi connectivity index (χ2n) is 7.71. The quantitative estimate of drug-likeness (QED) is 0.459. The zero-order valence-electron chi connectivity index (χ0n) is 14.8. The number of aromatic hydroxyl groups is 1. The van der Waals surface area contributed by atoms with Crippen molar-refractivity contribution in [3.05, 3.63) is 53.6 Å². The number of ketones is 1. The van der Waals surface area contributed by atoms with Gasteiger partial charge in [-0.25, -0.2) is 0 Å². The molecule has 3 unspecified atom stereocenters. The van der Waals surface area contributed by atoms with E-state index in [2.05, 4.69) is 33.8 Å². The van der Waals surface area contributed by atoms with Crippen molar-refractivity contribution in [2.45, 2.75) is 41.0 Å². The average Bonchev–Trinajstić information content (AvgIpc) is 2.48. The van der Waals surface area contributed by atoms with E-state index in [1.54, 1.807) is 24.3 Å². The van der Waals surface area contributed by atoms with Crippen LogP contribution in [-0.4, -0.2) is 10.9 Å². The summed E-state index contributed by atoms with van der Waals surface area (Å²) >= 11 is 0. The molecule has 1 aliphatic carbocycles. The average molecular weight is 312 g/mol. The molecule has 0 bridgehead atoms. The number of hydrogen-bond donors (Lipinski definition) is 1. The van der Waals surface area contributed by atoms with Crippen LogP contribution in [0.2, 0.25) is 0 Å². The number of phenols is 1. The van der Waals surface area contributed by atoms with Gasteiger partial charge in [-0.1, -0.05) is 58.1 Å². The molecule has 1 saturated carbocycles. The predicted octanol–water partition coefficient (Wildman–Crippen LogP) is 5.40. The summed E-state index contributed by atoms with van der Waals surface area (Å²) in [5, 5.41) is 9.88. The molecule has 0 heterocycles. The molecule has 1 aromatic carbocycles. The van der Waals surface area contributed by atoms with Gasteiger partial charge in [-0.3, -0.25) is 4.79 Å². The highest BCUT2D eigenvalue weighted by molar-refractivity contribution is 6.12. The highest BCUT2D eigenvalue weighted by Crippen LogP contribution is 2.50. The first-order valence-electron chi connectivity index (χ1n) is 8.43. The van der Waals surface area contributed by atoms with Gasteiger partial charge in [-0.05, 0) is 48.6 Å². The number of para-hydroxylation sites is 1. The lowest BCUT2D eigenvalue weighted by molar-refractivity contribution is 0.0290. The van der Waals surface area contributed by atoms with Crippen LogP contribution < -0.4 is 0 Å². The lowest BCUT2D eigenvalue weighted by atomic mass is 9.56. The maximum absolute atomic E-state index is 12.6. The molecular weight excluding hydrogens is 284 g/mol. The standard InChI is InChI=1S/C21H28O2/c1-6-15(20(23)17-9-7-8-10-19(17)22)11-12-16-14(2)13-18(16)21(3,4)5/h6-12,14,16,18,22H,13H2,1-5H3/b12-11-,15-6+. The zero-order valence-corrected chi connectivity index (χ0v) is 14.8. The monoisotopic (exact) mass is 312 g/mol. The molecule has 124 valence electrons. The van der Waals surface area contributed by atoms with E-state index in [9.17, 15) is 9.90 Å². The highest BCUT2D eigenvalue weighted by atomic mass is 16.3. The van der Waals surface area contributed by atoms with Crippen LogP contribution in [0.3, 0.4) is 0 Å². The summed E-state index contributed by atoms with van der Waals surface area (Å²) in [6.07, 6.45) is 7.20. The molecule has 23 heavy (non-hydrogen) atoms. The Morgan fingerprint density at radius 2 is 1.91 bits per heavy atom. The second kappa shape index (κ2) is 6.74. The van der Waals surface area contributed by atoms with Gasteiger partial charge >= 0.3 is 0 Å². The Hall–Kier alpha value is -1.83. The molecule has 0 aromatic heterocycles. The Morgan fingerprint density at radius 1 is 1.26 bits per heavy atom. The van der Waals surface area contributed by atoms with Gasteiger partial charge in [0, 0.05) is 5.57 Å². The maximum atomic E-state index is 12.6. The summed E-state index contributed by atoms with van der Waals surface area (Å²) in [4.78, 5) is 12.6. The molecule has 3 atom stereocenters. The summed E-state index contributed by atoms with van der Waals surface area (Å²) < 4.78 is 0. The SMILES string of the molecule is C/C=C(\C=C/C1C(C)CC1C(C)(C)C)C(=O)c1ccccc1O. The Morgan fingerprint density at radius 3 is 2.43 bits per heavy atom. The summed E-state index contributed by atoms with van der Waals surface area (Å²) in [6, 6.07) is 6.71. The van der Waals surface area contributed by atoms with Crippen molar-refractivity contribution >= 4 is 5.78 Å². The third kappa shape index (κ3) is 3.74. The van der Waals surface area contributed by atoms with Gasteiger partial charge in [0.05, 0.1) is 5.56 Å². The molecule has 1 N–H and O–H groups in total. The number of carbonyl (C=O) groups excluding carboxylic acids is 1. The van der Waals surface area contributed by atoms with Crippen LogP contribution in [0.5, 0.6) is 5.75 Å². The fourth-order valence-corrected chi connectivity index (χ4v) is 3.51. The van der Waals surface area contributed by atoms with Gasteiger partial charge in [0.25, 0.3) is 0 Å². The van der Waals surface area contributed by atoms with Crippen LogP contribution in [-0.2, 0) is 0 Å². The predicted molar refractivity (Wildman–Crippen MR) is 95.6 cm³/mol. The molecule has 0 saturated heterocycles. The van der Waals surface area contributed by atoms with E-state index in [1.165, 1.54) is 6.42 Å². The lowest BCUT2D eigenvalue weighted by Crippen LogP contribution is -2.41. The van der Waals surface area contributed by atoms with Crippen LogP contribution in [0.4, 0.5) is 0 Å². The molecular formula is C21H28O2. The Kier molecular flexibility index (Phi) is 5.13. The molecule has 0 aliphatic heterocycles. The Bertz CT molecular complexity index is 631. The third-order valence-corrected chi connectivity index (χ3v) is 5.08. The van der Waals surface area contributed by atoms with Crippen molar-refractivity contribution in [1.29, 1.82) is 0 Å². The molecule has 0 spiro atoms. The highest BCUT2D eigenvalue weighted by Gasteiger charge is 2.42. The first kappa shape index (κ1) is 17.5. The minimum atomic E-state index is -0.124. The van der Waals surface area contributed by atoms with Crippen LogP contribution in [0, 0.1) is 23.2 Å². The fourth-order valence-electron chi connectivity index (χ4n) is 3.51. The van der Waals surface area contributed by atoms with E-state index >= 15 is 0 Å². The smallest absolute Gasteiger partial charge is 0.196 e. The van der Waals surface area contributed by atoms with Crippen molar-refractivity contribution in [2.24, 2.45) is 23.2 Å². The molecule has 0 radical (unpaired) electrons. The number of Topliss-reactive ketones (excluding diaryl/α,β-unsaturated/α-hetero) is 1. The summed E-state index contributed by atoms with van der Waals surface area (Å²) in [5.74, 6) is 1.75. The topological polar surface area (TPSA) is 37.3 Å². The van der Waals surface area contributed by atoms with Crippen molar-refractivity contribution < 1.29 is 9.90 Å². The van der Waals surface area contributed by atoms with E-state index in [0.29, 0.717) is 34.3 Å². The van der Waals surface area contributed by atoms with Crippen molar-refractivity contribution in [1.82, 2.24) is 0 Å². The normalized spacial score (nSPS) is 25.4. The minimum absolute atomic E-state index is 0.0369. The second-order valence-corrected chi connectivity index (χ2v) is 7.71. The maximum Gasteiger partial charge on any atom is 0.196 e. The van der Waals surface area contributed by atoms with Gasteiger partial charge < -0.3 is 5.11 Å². The van der Waals surface area contributed by atoms with Crippen LogP contribution in [0.25, 0.3) is 0 Å². The first-order chi connectivity index (χ1) is 10.8. The van der Waals surface area contributed by atoms with Crippen molar-refractivity contribution in [2.75, 3.05) is 0 Å². The van der Waals surface area contributed by atoms with Gasteiger partial charge in [-0.2, -0.15) is 0 Å². The van der Waals surface area contributed by atoms with Crippen LogP contribution in [0.1, 0.15) is 51.4 Å². The van der Waals surface area contributed by atoms with Gasteiger partial charge in [0.15, 0.2) is 5.78 Å². The van der Waals surface area contributed by atoms with E-state index in [0.717, 1.165) is 0 Å². The van der Waals surface area contributed by atoms with Gasteiger partial charge in [0.1, 0.15) is 5.75 Å². The number of hydrogen-bond acceptors (Lipinski definition) is 2. The summed E-state index contributed by atoms with van der Waals surface area (Å²) in [5.41, 5.74) is 1.29. The first-order valence-corrected chi connectivity index (χ1v) is 8.43. The number of rotatable bonds is 4. The van der Waals surface area contributed by atoms with Crippen molar-refractivity contribution in [3.8, 4) is 5.75 Å². The molecule has 2 heteroatoms. The van der Waals surface area contributed by atoms with Crippen molar-refractivity contribution in [3.63, 3.8) is 0 Å².